The molecule has 4 aromatic rings. The molecule has 0 radical (unpaired) electrons. The third kappa shape index (κ3) is 2.95. The number of aromatic nitrogens is 2. The Balaban J connectivity index is 1.74. The normalized spacial score (nSPS) is 17.5. The second kappa shape index (κ2) is 7.10. The molecular formula is C23H16F2N4O4. The quantitative estimate of drug-likeness (QED) is 0.440. The Kier molecular flexibility index (Phi) is 4.43. The number of hydrogen-bond donors (Lipinski definition) is 3. The fourth-order valence-corrected chi connectivity index (χ4v) is 4.05. The number of aliphatic hydroxyl groups is 1. The largest absolute Gasteiger partial charge is 0.465 e. The summed E-state index contributed by atoms with van der Waals surface area (Å²) in [6, 6.07) is 13.4. The zero-order chi connectivity index (χ0) is 23.5. The van der Waals surface area contributed by atoms with Gasteiger partial charge in [-0.05, 0) is 30.3 Å². The lowest BCUT2D eigenvalue weighted by Crippen LogP contribution is -2.45. The number of carbonyl (C=O) groups excluding carboxylic acids is 1. The van der Waals surface area contributed by atoms with Gasteiger partial charge in [-0.2, -0.15) is 0 Å². The van der Waals surface area contributed by atoms with E-state index in [4.69, 9.17) is 0 Å². The van der Waals surface area contributed by atoms with E-state index in [0.717, 1.165) is 28.0 Å². The van der Waals surface area contributed by atoms with Crippen molar-refractivity contribution in [3.8, 4) is 0 Å². The molecule has 0 spiro atoms. The maximum atomic E-state index is 14.7. The van der Waals surface area contributed by atoms with Crippen LogP contribution in [0.1, 0.15) is 21.5 Å². The zero-order valence-corrected chi connectivity index (χ0v) is 17.1. The number of nitrogens with one attached hydrogen (secondary N) is 1. The molecule has 166 valence electrons. The number of nitrogens with zero attached hydrogens (tertiary/aromatic N) is 3. The molecule has 3 N–H and O–H groups in total. The summed E-state index contributed by atoms with van der Waals surface area (Å²) in [6.45, 7) is 0. The highest BCUT2D eigenvalue weighted by molar-refractivity contribution is 6.12. The van der Waals surface area contributed by atoms with Gasteiger partial charge in [0.15, 0.2) is 5.72 Å². The predicted molar refractivity (Wildman–Crippen MR) is 115 cm³/mol. The number of rotatable bonds is 3. The highest BCUT2D eigenvalue weighted by Crippen LogP contribution is 2.46. The molecule has 0 bridgehead atoms. The van der Waals surface area contributed by atoms with Crippen LogP contribution in [0.3, 0.4) is 0 Å². The Morgan fingerprint density at radius 3 is 2.64 bits per heavy atom. The van der Waals surface area contributed by atoms with E-state index in [2.05, 4.69) is 9.97 Å². The van der Waals surface area contributed by atoms with E-state index in [1.165, 1.54) is 37.4 Å². The molecule has 8 nitrogen and oxygen atoms in total. The molecule has 1 atom stereocenters. The van der Waals surface area contributed by atoms with Crippen LogP contribution in [-0.2, 0) is 5.72 Å². The van der Waals surface area contributed by atoms with E-state index in [-0.39, 0.29) is 22.6 Å². The average molecular weight is 450 g/mol. The molecule has 0 aliphatic carbocycles. The van der Waals surface area contributed by atoms with Crippen LogP contribution in [0.2, 0.25) is 0 Å². The Hall–Kier alpha value is -4.31. The van der Waals surface area contributed by atoms with Crippen molar-refractivity contribution in [1.29, 1.82) is 0 Å². The van der Waals surface area contributed by atoms with Crippen LogP contribution in [0.4, 0.5) is 25.2 Å². The van der Waals surface area contributed by atoms with Gasteiger partial charge < -0.3 is 15.2 Å². The highest BCUT2D eigenvalue weighted by Gasteiger charge is 2.51. The van der Waals surface area contributed by atoms with Gasteiger partial charge in [-0.3, -0.25) is 14.6 Å². The SMILES string of the molecule is CN(C(=O)O)c1nc2ccc(C3(O)c4ccccc4C(=O)N3c3cc(F)ccc3F)cc2[nH]1. The first-order valence-electron chi connectivity index (χ1n) is 9.80. The molecule has 10 heteroatoms. The lowest BCUT2D eigenvalue weighted by atomic mass is 9.93. The summed E-state index contributed by atoms with van der Waals surface area (Å²) in [6.07, 6.45) is -1.23. The minimum Gasteiger partial charge on any atom is -0.465 e. The Morgan fingerprint density at radius 2 is 1.88 bits per heavy atom. The van der Waals surface area contributed by atoms with Crippen LogP contribution in [-0.4, -0.2) is 39.2 Å². The topological polar surface area (TPSA) is 110 Å². The molecule has 1 aliphatic heterocycles. The third-order valence-electron chi connectivity index (χ3n) is 5.69. The second-order valence-corrected chi connectivity index (χ2v) is 7.59. The number of H-pyrrole nitrogens is 1. The molecular weight excluding hydrogens is 434 g/mol. The fourth-order valence-electron chi connectivity index (χ4n) is 4.05. The summed E-state index contributed by atoms with van der Waals surface area (Å²) in [4.78, 5) is 33.3. The molecule has 3 aromatic carbocycles. The van der Waals surface area contributed by atoms with Crippen molar-refractivity contribution in [3.05, 3.63) is 89.0 Å². The van der Waals surface area contributed by atoms with Crippen molar-refractivity contribution in [1.82, 2.24) is 9.97 Å². The van der Waals surface area contributed by atoms with Crippen molar-refractivity contribution in [2.24, 2.45) is 0 Å². The van der Waals surface area contributed by atoms with E-state index >= 15 is 0 Å². The van der Waals surface area contributed by atoms with Gasteiger partial charge in [-0.1, -0.05) is 24.3 Å². The smallest absolute Gasteiger partial charge is 0.413 e. The first-order valence-corrected chi connectivity index (χ1v) is 9.80. The molecule has 33 heavy (non-hydrogen) atoms. The van der Waals surface area contributed by atoms with Gasteiger partial charge in [0.05, 0.1) is 16.7 Å². The number of amides is 2. The average Bonchev–Trinajstić information content (AvgIpc) is 3.32. The van der Waals surface area contributed by atoms with Crippen LogP contribution < -0.4 is 9.80 Å². The van der Waals surface area contributed by atoms with Crippen molar-refractivity contribution in [2.45, 2.75) is 5.72 Å². The number of anilines is 2. The van der Waals surface area contributed by atoms with E-state index in [0.29, 0.717) is 11.0 Å². The lowest BCUT2D eigenvalue weighted by molar-refractivity contribution is 0.0698. The molecule has 5 rings (SSSR count). The van der Waals surface area contributed by atoms with Crippen molar-refractivity contribution >= 4 is 34.7 Å². The van der Waals surface area contributed by atoms with Gasteiger partial charge in [-0.25, -0.2) is 18.6 Å². The van der Waals surface area contributed by atoms with Gasteiger partial charge in [-0.15, -0.1) is 0 Å². The van der Waals surface area contributed by atoms with Crippen LogP contribution in [0.25, 0.3) is 11.0 Å². The zero-order valence-electron chi connectivity index (χ0n) is 17.1. The summed E-state index contributed by atoms with van der Waals surface area (Å²) in [5.41, 5.74) is -1.30. The van der Waals surface area contributed by atoms with E-state index in [1.54, 1.807) is 12.1 Å². The molecule has 1 unspecified atom stereocenters. The summed E-state index contributed by atoms with van der Waals surface area (Å²) in [7, 11) is 1.31. The Morgan fingerprint density at radius 1 is 1.12 bits per heavy atom. The van der Waals surface area contributed by atoms with Gasteiger partial charge in [0.25, 0.3) is 5.91 Å². The summed E-state index contributed by atoms with van der Waals surface area (Å²) < 4.78 is 28.8. The second-order valence-electron chi connectivity index (χ2n) is 7.59. The van der Waals surface area contributed by atoms with Crippen LogP contribution in [0.15, 0.2) is 60.7 Å². The van der Waals surface area contributed by atoms with E-state index in [9.17, 15) is 28.6 Å². The molecule has 1 aromatic heterocycles. The van der Waals surface area contributed by atoms with E-state index < -0.39 is 35.0 Å². The number of benzene rings is 3. The number of aromatic amines is 1. The molecule has 2 heterocycles. The maximum Gasteiger partial charge on any atom is 0.413 e. The highest BCUT2D eigenvalue weighted by atomic mass is 19.1. The van der Waals surface area contributed by atoms with Gasteiger partial charge >= 0.3 is 6.09 Å². The summed E-state index contributed by atoms with van der Waals surface area (Å²) >= 11 is 0. The maximum absolute atomic E-state index is 14.7. The van der Waals surface area contributed by atoms with Gasteiger partial charge in [0.1, 0.15) is 11.6 Å². The van der Waals surface area contributed by atoms with Gasteiger partial charge in [0, 0.05) is 29.8 Å². The summed E-state index contributed by atoms with van der Waals surface area (Å²) in [5, 5.41) is 21.1. The number of carboxylic acid groups (broad SMARTS) is 1. The summed E-state index contributed by atoms with van der Waals surface area (Å²) in [5.74, 6) is -2.31. The molecule has 0 saturated heterocycles. The number of hydrogen-bond acceptors (Lipinski definition) is 4. The number of halogens is 2. The van der Waals surface area contributed by atoms with Crippen LogP contribution in [0.5, 0.6) is 0 Å². The van der Waals surface area contributed by atoms with Crippen LogP contribution >= 0.6 is 0 Å². The molecule has 0 saturated carbocycles. The fraction of sp³-hybridized carbons (Fsp3) is 0.0870. The standard InChI is InChI=1S/C23H16F2N4O4/c1-28(22(31)32)21-26-17-9-6-12(10-18(17)27-21)23(33)15-5-3-2-4-14(15)20(30)29(23)19-11-13(24)7-8-16(19)25/h2-11,33H,1H3,(H,26,27)(H,31,32). The molecule has 2 amide bonds. The lowest BCUT2D eigenvalue weighted by Gasteiger charge is -2.35. The van der Waals surface area contributed by atoms with Crippen molar-refractivity contribution in [2.75, 3.05) is 16.8 Å². The Labute approximate surface area is 185 Å². The predicted octanol–water partition coefficient (Wildman–Crippen LogP) is 3.81. The number of carbonyl (C=O) groups is 2. The monoisotopic (exact) mass is 450 g/mol. The third-order valence-corrected chi connectivity index (χ3v) is 5.69. The minimum absolute atomic E-state index is 0.0533. The Bertz CT molecular complexity index is 1450. The van der Waals surface area contributed by atoms with Crippen molar-refractivity contribution < 1.29 is 28.6 Å². The van der Waals surface area contributed by atoms with Crippen molar-refractivity contribution in [3.63, 3.8) is 0 Å². The molecule has 0 fully saturated rings. The van der Waals surface area contributed by atoms with E-state index in [1.807, 2.05) is 0 Å². The first-order chi connectivity index (χ1) is 15.7. The van der Waals surface area contributed by atoms with Crippen LogP contribution in [0, 0.1) is 11.6 Å². The molecule has 1 aliphatic rings. The number of imidazole rings is 1. The number of fused-ring (bicyclic) bond motifs is 2. The minimum atomic E-state index is -2.17. The van der Waals surface area contributed by atoms with Gasteiger partial charge in [0.2, 0.25) is 5.95 Å². The first kappa shape index (κ1) is 20.6.